The summed E-state index contributed by atoms with van der Waals surface area (Å²) in [6.07, 6.45) is 3.67. The molecule has 3 aromatic carbocycles. The van der Waals surface area contributed by atoms with E-state index in [1.807, 2.05) is 24.3 Å². The van der Waals surface area contributed by atoms with E-state index in [0.29, 0.717) is 10.6 Å². The molecule has 0 spiro atoms. The van der Waals surface area contributed by atoms with Gasteiger partial charge in [-0.15, -0.1) is 0 Å². The lowest BCUT2D eigenvalue weighted by atomic mass is 9.97. The first kappa shape index (κ1) is 21.1. The number of nitrogens with one attached hydrogen (secondary N) is 1. The fourth-order valence-corrected chi connectivity index (χ4v) is 3.36. The summed E-state index contributed by atoms with van der Waals surface area (Å²) < 4.78 is 13.2. The van der Waals surface area contributed by atoms with E-state index in [1.54, 1.807) is 0 Å². The highest BCUT2D eigenvalue weighted by Crippen LogP contribution is 2.26. The zero-order valence-electron chi connectivity index (χ0n) is 16.5. The molecule has 0 heterocycles. The van der Waals surface area contributed by atoms with Crippen molar-refractivity contribution in [1.82, 2.24) is 0 Å². The molecule has 2 nitrogen and oxygen atoms in total. The maximum absolute atomic E-state index is 13.2. The minimum absolute atomic E-state index is 0.0444. The van der Waals surface area contributed by atoms with Gasteiger partial charge in [0, 0.05) is 22.7 Å². The van der Waals surface area contributed by atoms with Gasteiger partial charge < -0.3 is 5.32 Å². The second kappa shape index (κ2) is 10.2. The summed E-state index contributed by atoms with van der Waals surface area (Å²) >= 11 is 6.03. The average Bonchev–Trinajstić information content (AvgIpc) is 2.74. The van der Waals surface area contributed by atoms with Gasteiger partial charge in [-0.3, -0.25) is 4.79 Å². The molecule has 0 saturated carbocycles. The number of unbranched alkanes of at least 4 members (excludes halogenated alkanes) is 1. The van der Waals surface area contributed by atoms with E-state index < -0.39 is 0 Å². The summed E-state index contributed by atoms with van der Waals surface area (Å²) in [5, 5.41) is 4.12. The molecule has 1 N–H and O–H groups in total. The Hall–Kier alpha value is -2.65. The number of anilines is 1. The number of aryl methyl sites for hydroxylation is 1. The SMILES string of the molecule is CCCCc1ccc(NC(CC(=O)c2ccc(F)cc2)c2ccc(Cl)cc2)cc1. The fourth-order valence-electron chi connectivity index (χ4n) is 3.24. The van der Waals surface area contributed by atoms with Crippen LogP contribution < -0.4 is 5.32 Å². The predicted octanol–water partition coefficient (Wildman–Crippen LogP) is 7.25. The number of halogens is 2. The number of benzene rings is 3. The number of rotatable bonds is 9. The molecule has 0 fully saturated rings. The molecule has 1 atom stereocenters. The van der Waals surface area contributed by atoms with E-state index in [1.165, 1.54) is 42.7 Å². The monoisotopic (exact) mass is 409 g/mol. The van der Waals surface area contributed by atoms with Crippen molar-refractivity contribution < 1.29 is 9.18 Å². The third-order valence-electron chi connectivity index (χ3n) is 4.94. The van der Waals surface area contributed by atoms with Crippen LogP contribution in [-0.2, 0) is 6.42 Å². The highest BCUT2D eigenvalue weighted by Gasteiger charge is 2.17. The van der Waals surface area contributed by atoms with Crippen LogP contribution in [0, 0.1) is 5.82 Å². The molecule has 0 aliphatic carbocycles. The minimum atomic E-state index is -0.350. The lowest BCUT2D eigenvalue weighted by Gasteiger charge is -2.20. The van der Waals surface area contributed by atoms with Gasteiger partial charge in [-0.05, 0) is 72.5 Å². The van der Waals surface area contributed by atoms with Gasteiger partial charge >= 0.3 is 0 Å². The third-order valence-corrected chi connectivity index (χ3v) is 5.19. The summed E-state index contributed by atoms with van der Waals surface area (Å²) in [5.74, 6) is -0.394. The largest absolute Gasteiger partial charge is 0.378 e. The second-order valence-electron chi connectivity index (χ2n) is 7.18. The topological polar surface area (TPSA) is 29.1 Å². The fraction of sp³-hybridized carbons (Fsp3) is 0.240. The minimum Gasteiger partial charge on any atom is -0.378 e. The number of hydrogen-bond donors (Lipinski definition) is 1. The number of carbonyl (C=O) groups is 1. The Balaban J connectivity index is 1.78. The van der Waals surface area contributed by atoms with Gasteiger partial charge in [-0.1, -0.05) is 49.2 Å². The Kier molecular flexibility index (Phi) is 7.42. The molecular weight excluding hydrogens is 385 g/mol. The number of carbonyl (C=O) groups excluding carboxylic acids is 1. The summed E-state index contributed by atoms with van der Waals surface area (Å²) in [7, 11) is 0. The van der Waals surface area contributed by atoms with Crippen LogP contribution in [-0.4, -0.2) is 5.78 Å². The molecule has 3 aromatic rings. The number of hydrogen-bond acceptors (Lipinski definition) is 2. The quantitative estimate of drug-likeness (QED) is 0.377. The predicted molar refractivity (Wildman–Crippen MR) is 118 cm³/mol. The van der Waals surface area contributed by atoms with Crippen LogP contribution in [0.3, 0.4) is 0 Å². The van der Waals surface area contributed by atoms with Crippen molar-refractivity contribution >= 4 is 23.1 Å². The molecule has 0 aliphatic heterocycles. The smallest absolute Gasteiger partial charge is 0.165 e. The molecule has 29 heavy (non-hydrogen) atoms. The number of Topliss-reactive ketones (excluding diaryl/α,β-unsaturated/α-hetero) is 1. The van der Waals surface area contributed by atoms with Crippen LogP contribution in [0.2, 0.25) is 5.02 Å². The molecule has 0 radical (unpaired) electrons. The molecule has 0 saturated heterocycles. The Morgan fingerprint density at radius 1 is 0.966 bits per heavy atom. The lowest BCUT2D eigenvalue weighted by molar-refractivity contribution is 0.0976. The van der Waals surface area contributed by atoms with Crippen LogP contribution in [0.25, 0.3) is 0 Å². The van der Waals surface area contributed by atoms with Crippen molar-refractivity contribution in [3.8, 4) is 0 Å². The maximum Gasteiger partial charge on any atom is 0.165 e. The highest BCUT2D eigenvalue weighted by molar-refractivity contribution is 6.30. The van der Waals surface area contributed by atoms with Gasteiger partial charge in [0.15, 0.2) is 5.78 Å². The van der Waals surface area contributed by atoms with E-state index in [9.17, 15) is 9.18 Å². The van der Waals surface area contributed by atoms with Crippen molar-refractivity contribution in [1.29, 1.82) is 0 Å². The van der Waals surface area contributed by atoms with Gasteiger partial charge in [-0.25, -0.2) is 4.39 Å². The second-order valence-corrected chi connectivity index (χ2v) is 7.62. The summed E-state index contributed by atoms with van der Waals surface area (Å²) in [5.41, 5.74) is 3.74. The molecule has 150 valence electrons. The number of ketones is 1. The van der Waals surface area contributed by atoms with Crippen LogP contribution in [0.4, 0.5) is 10.1 Å². The molecule has 0 amide bonds. The van der Waals surface area contributed by atoms with Crippen molar-refractivity contribution in [3.05, 3.63) is 100 Å². The summed E-state index contributed by atoms with van der Waals surface area (Å²) in [6.45, 7) is 2.19. The van der Waals surface area contributed by atoms with Gasteiger partial charge in [0.2, 0.25) is 0 Å². The molecule has 1 unspecified atom stereocenters. The Bertz CT molecular complexity index is 921. The zero-order chi connectivity index (χ0) is 20.6. The van der Waals surface area contributed by atoms with Gasteiger partial charge in [0.1, 0.15) is 5.82 Å². The van der Waals surface area contributed by atoms with Crippen molar-refractivity contribution in [2.75, 3.05) is 5.32 Å². The van der Waals surface area contributed by atoms with Crippen molar-refractivity contribution in [2.24, 2.45) is 0 Å². The van der Waals surface area contributed by atoms with Gasteiger partial charge in [0.25, 0.3) is 0 Å². The standard InChI is InChI=1S/C25H25ClFNO/c1-2-3-4-18-5-15-23(16-6-18)28-24(19-7-11-21(26)12-8-19)17-25(29)20-9-13-22(27)14-10-20/h5-16,24,28H,2-4,17H2,1H3. The molecule has 0 aromatic heterocycles. The Morgan fingerprint density at radius 2 is 1.62 bits per heavy atom. The lowest BCUT2D eigenvalue weighted by Crippen LogP contribution is -2.16. The van der Waals surface area contributed by atoms with Crippen LogP contribution in [0.1, 0.15) is 53.7 Å². The first-order valence-corrected chi connectivity index (χ1v) is 10.3. The molecule has 0 aliphatic rings. The van der Waals surface area contributed by atoms with Crippen LogP contribution in [0.5, 0.6) is 0 Å². The van der Waals surface area contributed by atoms with E-state index >= 15 is 0 Å². The molecular formula is C25H25ClFNO. The summed E-state index contributed by atoms with van der Waals surface area (Å²) in [4.78, 5) is 12.8. The normalized spacial score (nSPS) is 11.8. The van der Waals surface area contributed by atoms with Crippen LogP contribution >= 0.6 is 11.6 Å². The summed E-state index contributed by atoms with van der Waals surface area (Å²) in [6, 6.07) is 21.3. The Labute approximate surface area is 176 Å². The van der Waals surface area contributed by atoms with E-state index in [-0.39, 0.29) is 24.1 Å². The molecule has 0 bridgehead atoms. The van der Waals surface area contributed by atoms with E-state index in [4.69, 9.17) is 11.6 Å². The first-order chi connectivity index (χ1) is 14.0. The molecule has 3 rings (SSSR count). The third kappa shape index (κ3) is 6.16. The van der Waals surface area contributed by atoms with Crippen LogP contribution in [0.15, 0.2) is 72.8 Å². The molecule has 4 heteroatoms. The van der Waals surface area contributed by atoms with E-state index in [2.05, 4.69) is 36.5 Å². The zero-order valence-corrected chi connectivity index (χ0v) is 17.3. The average molecular weight is 410 g/mol. The first-order valence-electron chi connectivity index (χ1n) is 9.95. The van der Waals surface area contributed by atoms with E-state index in [0.717, 1.165) is 17.7 Å². The van der Waals surface area contributed by atoms with Gasteiger partial charge in [0.05, 0.1) is 6.04 Å². The van der Waals surface area contributed by atoms with Crippen molar-refractivity contribution in [3.63, 3.8) is 0 Å². The Morgan fingerprint density at radius 3 is 2.24 bits per heavy atom. The van der Waals surface area contributed by atoms with Gasteiger partial charge in [-0.2, -0.15) is 0 Å². The maximum atomic E-state index is 13.2. The van der Waals surface area contributed by atoms with Crippen molar-refractivity contribution in [2.45, 2.75) is 38.6 Å². The highest BCUT2D eigenvalue weighted by atomic mass is 35.5.